The molecule has 16 heavy (non-hydrogen) atoms. The zero-order valence-corrected chi connectivity index (χ0v) is 10.8. The summed E-state index contributed by atoms with van der Waals surface area (Å²) in [5.41, 5.74) is 0. The summed E-state index contributed by atoms with van der Waals surface area (Å²) in [5, 5.41) is 3.25. The van der Waals surface area contributed by atoms with Crippen LogP contribution >= 0.6 is 0 Å². The summed E-state index contributed by atoms with van der Waals surface area (Å²) in [6.45, 7) is 6.30. The fourth-order valence-corrected chi connectivity index (χ4v) is 1.01. The van der Waals surface area contributed by atoms with Gasteiger partial charge in [0.15, 0.2) is 0 Å². The highest BCUT2D eigenvalue weighted by molar-refractivity contribution is 4.46. The monoisotopic (exact) mass is 234 g/mol. The van der Waals surface area contributed by atoms with Crippen LogP contribution in [0.2, 0.25) is 0 Å². The molecule has 0 bridgehead atoms. The van der Waals surface area contributed by atoms with Crippen LogP contribution in [0.5, 0.6) is 0 Å². The largest absolute Gasteiger partial charge is 0.382 e. The second kappa shape index (κ2) is 12.9. The molecule has 0 unspecified atom stereocenters. The highest BCUT2D eigenvalue weighted by Gasteiger charge is 1.91. The fraction of sp³-hybridized carbons (Fsp3) is 1.00. The molecule has 0 aromatic heterocycles. The van der Waals surface area contributed by atoms with Crippen LogP contribution in [-0.4, -0.2) is 78.8 Å². The number of rotatable bonds is 12. The second-order valence-electron chi connectivity index (χ2n) is 3.77. The van der Waals surface area contributed by atoms with E-state index in [4.69, 9.17) is 14.2 Å². The number of hydrogen-bond acceptors (Lipinski definition) is 5. The van der Waals surface area contributed by atoms with Gasteiger partial charge >= 0.3 is 0 Å². The van der Waals surface area contributed by atoms with Crippen LogP contribution < -0.4 is 5.32 Å². The Morgan fingerprint density at radius 2 is 1.50 bits per heavy atom. The van der Waals surface area contributed by atoms with Crippen molar-refractivity contribution < 1.29 is 14.2 Å². The summed E-state index contributed by atoms with van der Waals surface area (Å²) < 4.78 is 15.6. The Labute approximate surface area is 99.0 Å². The van der Waals surface area contributed by atoms with Crippen molar-refractivity contribution in [1.29, 1.82) is 0 Å². The van der Waals surface area contributed by atoms with Crippen molar-refractivity contribution in [3.8, 4) is 0 Å². The minimum Gasteiger partial charge on any atom is -0.382 e. The van der Waals surface area contributed by atoms with Crippen molar-refractivity contribution in [3.05, 3.63) is 0 Å². The minimum absolute atomic E-state index is 0.660. The molecule has 0 amide bonds. The molecule has 0 fully saturated rings. The first-order valence-electron chi connectivity index (χ1n) is 5.77. The normalized spacial score (nSPS) is 11.2. The quantitative estimate of drug-likeness (QED) is 0.474. The second-order valence-corrected chi connectivity index (χ2v) is 3.77. The third-order valence-corrected chi connectivity index (χ3v) is 1.96. The molecule has 0 saturated carbocycles. The number of hydrogen-bond donors (Lipinski definition) is 1. The first-order chi connectivity index (χ1) is 7.77. The van der Waals surface area contributed by atoms with Crippen LogP contribution in [0.4, 0.5) is 0 Å². The number of nitrogens with zero attached hydrogens (tertiary/aromatic N) is 1. The van der Waals surface area contributed by atoms with Crippen LogP contribution in [0.25, 0.3) is 0 Å². The Bertz CT molecular complexity index is 134. The van der Waals surface area contributed by atoms with E-state index in [9.17, 15) is 0 Å². The Hall–Kier alpha value is -0.200. The lowest BCUT2D eigenvalue weighted by atomic mass is 10.6. The Morgan fingerprint density at radius 1 is 0.875 bits per heavy atom. The molecular weight excluding hydrogens is 208 g/mol. The molecule has 0 rings (SSSR count). The summed E-state index contributed by atoms with van der Waals surface area (Å²) in [5.74, 6) is 0. The Balaban J connectivity index is 2.88. The van der Waals surface area contributed by atoms with Crippen LogP contribution in [0.15, 0.2) is 0 Å². The van der Waals surface area contributed by atoms with E-state index < -0.39 is 0 Å². The molecule has 0 spiro atoms. The summed E-state index contributed by atoms with van der Waals surface area (Å²) in [4.78, 5) is 2.11. The van der Waals surface area contributed by atoms with E-state index >= 15 is 0 Å². The highest BCUT2D eigenvalue weighted by atomic mass is 16.5. The standard InChI is InChI=1S/C11H26N2O3/c1-13(2)6-9-15-7-4-12-5-8-16-11-10-14-3/h12H,4-11H2,1-3H3. The van der Waals surface area contributed by atoms with Crippen LogP contribution in [0, 0.1) is 0 Å². The molecule has 0 aliphatic heterocycles. The smallest absolute Gasteiger partial charge is 0.0700 e. The van der Waals surface area contributed by atoms with Crippen LogP contribution in [0.1, 0.15) is 0 Å². The van der Waals surface area contributed by atoms with E-state index in [1.807, 2.05) is 14.1 Å². The maximum absolute atomic E-state index is 5.42. The lowest BCUT2D eigenvalue weighted by molar-refractivity contribution is 0.0702. The first kappa shape index (κ1) is 15.8. The van der Waals surface area contributed by atoms with Gasteiger partial charge in [0.05, 0.1) is 33.0 Å². The van der Waals surface area contributed by atoms with Gasteiger partial charge in [0.1, 0.15) is 0 Å². The van der Waals surface area contributed by atoms with Gasteiger partial charge in [0, 0.05) is 26.7 Å². The number of nitrogens with one attached hydrogen (secondary N) is 1. The molecular formula is C11H26N2O3. The molecule has 0 atom stereocenters. The first-order valence-corrected chi connectivity index (χ1v) is 5.77. The van der Waals surface area contributed by atoms with E-state index in [-0.39, 0.29) is 0 Å². The van der Waals surface area contributed by atoms with Crippen LogP contribution in [-0.2, 0) is 14.2 Å². The summed E-state index contributed by atoms with van der Waals surface area (Å²) in [6, 6.07) is 0. The zero-order chi connectivity index (χ0) is 12.1. The summed E-state index contributed by atoms with van der Waals surface area (Å²) >= 11 is 0. The molecule has 0 aliphatic rings. The fourth-order valence-electron chi connectivity index (χ4n) is 1.01. The van der Waals surface area contributed by atoms with Gasteiger partial charge in [-0.05, 0) is 14.1 Å². The SMILES string of the molecule is COCCOCCNCCOCCN(C)C. The van der Waals surface area contributed by atoms with Gasteiger partial charge in [-0.1, -0.05) is 0 Å². The van der Waals surface area contributed by atoms with Crippen molar-refractivity contribution >= 4 is 0 Å². The highest BCUT2D eigenvalue weighted by Crippen LogP contribution is 1.78. The van der Waals surface area contributed by atoms with Gasteiger partial charge in [0.2, 0.25) is 0 Å². The number of ether oxygens (including phenoxy) is 3. The molecule has 0 radical (unpaired) electrons. The average molecular weight is 234 g/mol. The predicted molar refractivity (Wildman–Crippen MR) is 64.9 cm³/mol. The maximum atomic E-state index is 5.42. The van der Waals surface area contributed by atoms with Crippen molar-refractivity contribution in [3.63, 3.8) is 0 Å². The molecule has 98 valence electrons. The van der Waals surface area contributed by atoms with E-state index in [2.05, 4.69) is 10.2 Å². The van der Waals surface area contributed by atoms with Gasteiger partial charge < -0.3 is 24.4 Å². The molecule has 0 saturated heterocycles. The topological polar surface area (TPSA) is 43.0 Å². The van der Waals surface area contributed by atoms with E-state index in [1.54, 1.807) is 7.11 Å². The van der Waals surface area contributed by atoms with Gasteiger partial charge in [-0.3, -0.25) is 0 Å². The summed E-state index contributed by atoms with van der Waals surface area (Å²) in [7, 11) is 5.75. The molecule has 1 N–H and O–H groups in total. The van der Waals surface area contributed by atoms with Gasteiger partial charge in [-0.2, -0.15) is 0 Å². The maximum Gasteiger partial charge on any atom is 0.0700 e. The molecule has 5 nitrogen and oxygen atoms in total. The molecule has 0 aromatic rings. The Kier molecular flexibility index (Phi) is 12.7. The van der Waals surface area contributed by atoms with Crippen molar-refractivity contribution in [2.24, 2.45) is 0 Å². The van der Waals surface area contributed by atoms with E-state index in [1.165, 1.54) is 0 Å². The Morgan fingerprint density at radius 3 is 2.06 bits per heavy atom. The van der Waals surface area contributed by atoms with Gasteiger partial charge in [-0.25, -0.2) is 0 Å². The van der Waals surface area contributed by atoms with Crippen molar-refractivity contribution in [2.75, 3.05) is 73.9 Å². The lowest BCUT2D eigenvalue weighted by Crippen LogP contribution is -2.26. The lowest BCUT2D eigenvalue weighted by Gasteiger charge is -2.10. The minimum atomic E-state index is 0.660. The van der Waals surface area contributed by atoms with Crippen molar-refractivity contribution in [1.82, 2.24) is 10.2 Å². The predicted octanol–water partition coefficient (Wildman–Crippen LogP) is -0.183. The third kappa shape index (κ3) is 13.8. The van der Waals surface area contributed by atoms with Gasteiger partial charge in [-0.15, -0.1) is 0 Å². The van der Waals surface area contributed by atoms with Crippen molar-refractivity contribution in [2.45, 2.75) is 0 Å². The molecule has 5 heteroatoms. The molecule has 0 heterocycles. The van der Waals surface area contributed by atoms with Gasteiger partial charge in [0.25, 0.3) is 0 Å². The van der Waals surface area contributed by atoms with E-state index in [0.29, 0.717) is 13.2 Å². The van der Waals surface area contributed by atoms with Crippen LogP contribution in [0.3, 0.4) is 0 Å². The number of methoxy groups -OCH3 is 1. The summed E-state index contributed by atoms with van der Waals surface area (Å²) in [6.07, 6.45) is 0. The van der Waals surface area contributed by atoms with E-state index in [0.717, 1.165) is 39.5 Å². The number of likely N-dealkylation sites (N-methyl/N-ethyl adjacent to an activating group) is 1. The average Bonchev–Trinajstić information content (AvgIpc) is 2.25. The molecule has 0 aromatic carbocycles. The third-order valence-electron chi connectivity index (χ3n) is 1.96. The zero-order valence-electron chi connectivity index (χ0n) is 10.8. The molecule has 0 aliphatic carbocycles.